The van der Waals surface area contributed by atoms with Crippen LogP contribution < -0.4 is 5.32 Å². The highest BCUT2D eigenvalue weighted by atomic mass is 35.5. The Morgan fingerprint density at radius 2 is 1.55 bits per heavy atom. The lowest BCUT2D eigenvalue weighted by atomic mass is 10.0. The summed E-state index contributed by atoms with van der Waals surface area (Å²) in [5.74, 6) is 0.262. The molecule has 20 heavy (non-hydrogen) atoms. The van der Waals surface area contributed by atoms with Gasteiger partial charge in [-0.1, -0.05) is 49.2 Å². The second kappa shape index (κ2) is 6.29. The summed E-state index contributed by atoms with van der Waals surface area (Å²) in [5.41, 5.74) is 2.39. The van der Waals surface area contributed by atoms with Crippen molar-refractivity contribution in [3.8, 4) is 0 Å². The second-order valence-corrected chi connectivity index (χ2v) is 5.76. The highest BCUT2D eigenvalue weighted by Crippen LogP contribution is 2.23. The maximum Gasteiger partial charge on any atom is 0.255 e. The molecular weight excluding hydrogens is 293 g/mol. The van der Waals surface area contributed by atoms with Crippen LogP contribution in [0, 0.1) is 0 Å². The lowest BCUT2D eigenvalue weighted by Gasteiger charge is -2.08. The van der Waals surface area contributed by atoms with Crippen LogP contribution in [0.1, 0.15) is 35.7 Å². The zero-order chi connectivity index (χ0) is 14.7. The van der Waals surface area contributed by atoms with Gasteiger partial charge in [-0.25, -0.2) is 0 Å². The lowest BCUT2D eigenvalue weighted by molar-refractivity contribution is 0.102. The highest BCUT2D eigenvalue weighted by Gasteiger charge is 2.08. The Balaban J connectivity index is 2.15. The van der Waals surface area contributed by atoms with Crippen molar-refractivity contribution in [1.82, 2.24) is 0 Å². The molecule has 0 aliphatic carbocycles. The minimum Gasteiger partial charge on any atom is -0.322 e. The van der Waals surface area contributed by atoms with Gasteiger partial charge in [-0.05, 0) is 41.8 Å². The second-order valence-electron chi connectivity index (χ2n) is 4.89. The number of amides is 1. The monoisotopic (exact) mass is 307 g/mol. The molecule has 4 heteroatoms. The van der Waals surface area contributed by atoms with E-state index in [1.54, 1.807) is 18.2 Å². The van der Waals surface area contributed by atoms with Crippen LogP contribution in [0.3, 0.4) is 0 Å². The van der Waals surface area contributed by atoms with Gasteiger partial charge in [-0.15, -0.1) is 0 Å². The van der Waals surface area contributed by atoms with Gasteiger partial charge in [-0.3, -0.25) is 4.79 Å². The Morgan fingerprint density at radius 3 is 2.05 bits per heavy atom. The molecule has 0 spiro atoms. The van der Waals surface area contributed by atoms with Crippen LogP contribution in [0.2, 0.25) is 10.0 Å². The summed E-state index contributed by atoms with van der Waals surface area (Å²) in [6.07, 6.45) is 0. The Bertz CT molecular complexity index is 601. The normalized spacial score (nSPS) is 10.7. The van der Waals surface area contributed by atoms with Crippen molar-refractivity contribution in [2.75, 3.05) is 5.32 Å². The zero-order valence-electron chi connectivity index (χ0n) is 11.3. The number of carbonyl (C=O) groups is 1. The van der Waals surface area contributed by atoms with Crippen molar-refractivity contribution in [3.63, 3.8) is 0 Å². The third kappa shape index (κ3) is 3.75. The molecule has 2 aromatic carbocycles. The predicted molar refractivity (Wildman–Crippen MR) is 84.9 cm³/mol. The van der Waals surface area contributed by atoms with Crippen molar-refractivity contribution in [3.05, 3.63) is 63.6 Å². The molecule has 2 aromatic rings. The topological polar surface area (TPSA) is 29.1 Å². The van der Waals surface area contributed by atoms with Crippen LogP contribution in [-0.4, -0.2) is 5.91 Å². The Morgan fingerprint density at radius 1 is 1.00 bits per heavy atom. The number of rotatable bonds is 3. The molecule has 0 unspecified atom stereocenters. The van der Waals surface area contributed by atoms with Gasteiger partial charge >= 0.3 is 0 Å². The first-order chi connectivity index (χ1) is 9.45. The van der Waals surface area contributed by atoms with E-state index in [-0.39, 0.29) is 5.91 Å². The van der Waals surface area contributed by atoms with E-state index in [4.69, 9.17) is 23.2 Å². The van der Waals surface area contributed by atoms with E-state index >= 15 is 0 Å². The number of benzene rings is 2. The summed E-state index contributed by atoms with van der Waals surface area (Å²) >= 11 is 11.8. The van der Waals surface area contributed by atoms with E-state index in [0.29, 0.717) is 27.2 Å². The fraction of sp³-hybridized carbons (Fsp3) is 0.188. The summed E-state index contributed by atoms with van der Waals surface area (Å²) in [5, 5.41) is 3.76. The van der Waals surface area contributed by atoms with Gasteiger partial charge in [0.25, 0.3) is 5.91 Å². The van der Waals surface area contributed by atoms with Gasteiger partial charge in [-0.2, -0.15) is 0 Å². The molecule has 0 fully saturated rings. The summed E-state index contributed by atoms with van der Waals surface area (Å²) < 4.78 is 0. The van der Waals surface area contributed by atoms with Gasteiger partial charge in [0.15, 0.2) is 0 Å². The summed E-state index contributed by atoms with van der Waals surface area (Å²) in [7, 11) is 0. The van der Waals surface area contributed by atoms with E-state index in [2.05, 4.69) is 19.2 Å². The van der Waals surface area contributed by atoms with Crippen molar-refractivity contribution in [1.29, 1.82) is 0 Å². The smallest absolute Gasteiger partial charge is 0.255 e. The van der Waals surface area contributed by atoms with E-state index in [1.807, 2.05) is 24.3 Å². The number of hydrogen-bond acceptors (Lipinski definition) is 1. The van der Waals surface area contributed by atoms with Crippen LogP contribution in [0.4, 0.5) is 5.69 Å². The molecule has 2 nitrogen and oxygen atoms in total. The maximum atomic E-state index is 12.1. The molecule has 104 valence electrons. The van der Waals surface area contributed by atoms with E-state index < -0.39 is 0 Å². The van der Waals surface area contributed by atoms with Gasteiger partial charge in [0, 0.05) is 21.3 Å². The average molecular weight is 308 g/mol. The molecule has 2 rings (SSSR count). The van der Waals surface area contributed by atoms with Gasteiger partial charge in [0.1, 0.15) is 0 Å². The largest absolute Gasteiger partial charge is 0.322 e. The van der Waals surface area contributed by atoms with Crippen molar-refractivity contribution < 1.29 is 4.79 Å². The predicted octanol–water partition coefficient (Wildman–Crippen LogP) is 5.37. The first-order valence-electron chi connectivity index (χ1n) is 6.33. The molecule has 0 saturated heterocycles. The van der Waals surface area contributed by atoms with Crippen LogP contribution in [0.15, 0.2) is 42.5 Å². The van der Waals surface area contributed by atoms with Crippen LogP contribution in [-0.2, 0) is 0 Å². The Hall–Kier alpha value is -1.51. The van der Waals surface area contributed by atoms with Crippen molar-refractivity contribution >= 4 is 34.8 Å². The van der Waals surface area contributed by atoms with Gasteiger partial charge < -0.3 is 5.32 Å². The van der Waals surface area contributed by atoms with E-state index in [0.717, 1.165) is 0 Å². The van der Waals surface area contributed by atoms with Crippen LogP contribution >= 0.6 is 23.2 Å². The molecule has 0 aromatic heterocycles. The summed E-state index contributed by atoms with van der Waals surface area (Å²) in [6, 6.07) is 12.5. The van der Waals surface area contributed by atoms with Crippen LogP contribution in [0.5, 0.6) is 0 Å². The molecule has 0 atom stereocenters. The molecule has 0 bridgehead atoms. The molecule has 0 aliphatic rings. The van der Waals surface area contributed by atoms with Crippen molar-refractivity contribution in [2.24, 2.45) is 0 Å². The minimum atomic E-state index is -0.182. The quantitative estimate of drug-likeness (QED) is 0.811. The first-order valence-corrected chi connectivity index (χ1v) is 7.08. The number of hydrogen-bond donors (Lipinski definition) is 1. The molecule has 0 saturated carbocycles. The molecule has 1 N–H and O–H groups in total. The fourth-order valence-corrected chi connectivity index (χ4v) is 2.37. The average Bonchev–Trinajstić information content (AvgIpc) is 2.37. The van der Waals surface area contributed by atoms with Crippen LogP contribution in [0.25, 0.3) is 0 Å². The van der Waals surface area contributed by atoms with E-state index in [9.17, 15) is 4.79 Å². The van der Waals surface area contributed by atoms with Gasteiger partial charge in [0.05, 0.1) is 0 Å². The van der Waals surface area contributed by atoms with Crippen molar-refractivity contribution in [2.45, 2.75) is 19.8 Å². The SMILES string of the molecule is CC(C)c1ccc(C(=O)Nc2cc(Cl)cc(Cl)c2)cc1. The third-order valence-electron chi connectivity index (χ3n) is 2.96. The Kier molecular flexibility index (Phi) is 4.69. The maximum absolute atomic E-state index is 12.1. The highest BCUT2D eigenvalue weighted by molar-refractivity contribution is 6.35. The molecular formula is C16H15Cl2NO. The molecule has 0 heterocycles. The fourth-order valence-electron chi connectivity index (χ4n) is 1.85. The number of nitrogens with one attached hydrogen (secondary N) is 1. The molecule has 0 aliphatic heterocycles. The zero-order valence-corrected chi connectivity index (χ0v) is 12.8. The lowest BCUT2D eigenvalue weighted by Crippen LogP contribution is -2.11. The molecule has 0 radical (unpaired) electrons. The minimum absolute atomic E-state index is 0.182. The summed E-state index contributed by atoms with van der Waals surface area (Å²) in [6.45, 7) is 4.23. The van der Waals surface area contributed by atoms with E-state index in [1.165, 1.54) is 5.56 Å². The Labute approximate surface area is 128 Å². The first kappa shape index (κ1) is 14.9. The summed E-state index contributed by atoms with van der Waals surface area (Å²) in [4.78, 5) is 12.1. The van der Waals surface area contributed by atoms with Gasteiger partial charge in [0.2, 0.25) is 0 Å². The molecule has 1 amide bonds. The number of anilines is 1. The third-order valence-corrected chi connectivity index (χ3v) is 3.40. The number of halogens is 2. The standard InChI is InChI=1S/C16H15Cl2NO/c1-10(2)11-3-5-12(6-4-11)16(20)19-15-8-13(17)7-14(18)9-15/h3-10H,1-2H3,(H,19,20). The number of carbonyl (C=O) groups excluding carboxylic acids is 1.